The Kier molecular flexibility index (Phi) is 4.00. The number of ether oxygens (including phenoxy) is 3. The summed E-state index contributed by atoms with van der Waals surface area (Å²) in [5.74, 6) is 0.409. The molecule has 3 aliphatic rings. The predicted octanol–water partition coefficient (Wildman–Crippen LogP) is -2.24. The highest BCUT2D eigenvalue weighted by atomic mass is 16.7. The molecule has 0 radical (unpaired) electrons. The zero-order chi connectivity index (χ0) is 16.8. The Morgan fingerprint density at radius 1 is 1.25 bits per heavy atom. The summed E-state index contributed by atoms with van der Waals surface area (Å²) in [4.78, 5) is 10.2. The van der Waals surface area contributed by atoms with E-state index in [0.29, 0.717) is 24.7 Å². The summed E-state index contributed by atoms with van der Waals surface area (Å²) in [5.41, 5.74) is 6.67. The first kappa shape index (κ1) is 15.9. The normalized spacial score (nSPS) is 36.5. The minimum atomic E-state index is -1.22. The second kappa shape index (κ2) is 6.04. The maximum Gasteiger partial charge on any atom is 0.242 e. The van der Waals surface area contributed by atoms with E-state index in [2.05, 4.69) is 9.98 Å². The van der Waals surface area contributed by atoms with E-state index in [1.807, 2.05) is 0 Å². The lowest BCUT2D eigenvalue weighted by Crippen LogP contribution is -2.43. The summed E-state index contributed by atoms with van der Waals surface area (Å²) < 4.78 is 17.8. The fourth-order valence-electron chi connectivity index (χ4n) is 3.04. The number of nitrogens with zero attached hydrogens (tertiary/aromatic N) is 4. The fourth-order valence-corrected chi connectivity index (χ4v) is 3.04. The summed E-state index contributed by atoms with van der Waals surface area (Å²) in [7, 11) is 0. The van der Waals surface area contributed by atoms with E-state index in [9.17, 15) is 15.3 Å². The lowest BCUT2D eigenvalue weighted by atomic mass is 10.1. The van der Waals surface area contributed by atoms with Crippen LogP contribution in [-0.4, -0.2) is 80.7 Å². The van der Waals surface area contributed by atoms with Crippen molar-refractivity contribution in [1.29, 1.82) is 0 Å². The molecule has 5 atom stereocenters. The molecule has 3 unspecified atom stereocenters. The van der Waals surface area contributed by atoms with Crippen LogP contribution in [0, 0.1) is 0 Å². The molecule has 1 aromatic heterocycles. The van der Waals surface area contributed by atoms with Crippen LogP contribution in [0.4, 0.5) is 5.82 Å². The molecule has 0 spiro atoms. The molecule has 5 N–H and O–H groups in total. The number of nitrogens with two attached hydrogens (primary N) is 1. The van der Waals surface area contributed by atoms with Gasteiger partial charge in [0, 0.05) is 0 Å². The quantitative estimate of drug-likeness (QED) is 0.479. The lowest BCUT2D eigenvalue weighted by Gasteiger charge is -2.32. The molecule has 0 aliphatic carbocycles. The molecule has 0 saturated carbocycles. The van der Waals surface area contributed by atoms with Gasteiger partial charge in [0.05, 0.1) is 32.5 Å². The number of fused-ring (bicyclic) bond motifs is 1. The van der Waals surface area contributed by atoms with Crippen molar-refractivity contribution in [1.82, 2.24) is 14.5 Å². The Labute approximate surface area is 136 Å². The van der Waals surface area contributed by atoms with Gasteiger partial charge in [-0.2, -0.15) is 0 Å². The molecule has 11 nitrogen and oxygen atoms in total. The molecule has 0 aromatic carbocycles. The maximum absolute atomic E-state index is 10.2. The first-order valence-corrected chi connectivity index (χ1v) is 7.61. The molecule has 0 amide bonds. The number of aliphatic imine (C=N–C) groups is 1. The minimum Gasteiger partial charge on any atom is -0.394 e. The summed E-state index contributed by atoms with van der Waals surface area (Å²) in [6.07, 6.45) is -2.54. The second-order valence-electron chi connectivity index (χ2n) is 5.77. The minimum absolute atomic E-state index is 0.404. The van der Waals surface area contributed by atoms with E-state index >= 15 is 0 Å². The van der Waals surface area contributed by atoms with Crippen molar-refractivity contribution in [2.75, 3.05) is 19.8 Å². The molecule has 0 bridgehead atoms. The van der Waals surface area contributed by atoms with Crippen LogP contribution < -0.4 is 5.73 Å². The highest BCUT2D eigenvalue weighted by Gasteiger charge is 2.45. The standard InChI is InChI=1S/C13H19N5O6/c14-10-7-11(16-5-17(10)13-22-1-2-23-13)18(4-15-7)12-9(21)8(20)6(3-19)24-12/h4-6,8-10,12-13,19-21H,1-3,14H2/t6-,8?,9?,10?,12-/m1/s1. The molecule has 24 heavy (non-hydrogen) atoms. The second-order valence-corrected chi connectivity index (χ2v) is 5.77. The lowest BCUT2D eigenvalue weighted by molar-refractivity contribution is -0.135. The molecular weight excluding hydrogens is 322 g/mol. The van der Waals surface area contributed by atoms with Crippen LogP contribution in [0.5, 0.6) is 0 Å². The van der Waals surface area contributed by atoms with Crippen molar-refractivity contribution in [3.8, 4) is 0 Å². The molecule has 2 fully saturated rings. The van der Waals surface area contributed by atoms with E-state index in [0.717, 1.165) is 0 Å². The average molecular weight is 341 g/mol. The van der Waals surface area contributed by atoms with Crippen LogP contribution in [0.15, 0.2) is 11.3 Å². The van der Waals surface area contributed by atoms with E-state index in [4.69, 9.17) is 19.9 Å². The molecule has 4 heterocycles. The Bertz CT molecular complexity index is 632. The summed E-state index contributed by atoms with van der Waals surface area (Å²) in [6.45, 7) is 0.551. The topological polar surface area (TPSA) is 148 Å². The SMILES string of the molecule is NC1c2ncn([C@@H]3O[C@H](CO)C(O)C3O)c2N=CN1C1OCCO1. The molecule has 3 aliphatic heterocycles. The summed E-state index contributed by atoms with van der Waals surface area (Å²) in [5, 5.41) is 29.3. The van der Waals surface area contributed by atoms with Crippen molar-refractivity contribution < 1.29 is 29.5 Å². The summed E-state index contributed by atoms with van der Waals surface area (Å²) in [6, 6.07) is 0. The van der Waals surface area contributed by atoms with Crippen molar-refractivity contribution in [2.45, 2.75) is 37.1 Å². The van der Waals surface area contributed by atoms with Gasteiger partial charge < -0.3 is 35.3 Å². The largest absolute Gasteiger partial charge is 0.394 e. The van der Waals surface area contributed by atoms with Crippen molar-refractivity contribution in [3.05, 3.63) is 12.0 Å². The maximum atomic E-state index is 10.2. The molecule has 11 heteroatoms. The number of aromatic nitrogens is 2. The van der Waals surface area contributed by atoms with E-state index in [-0.39, 0.29) is 0 Å². The van der Waals surface area contributed by atoms with Crippen LogP contribution in [0.3, 0.4) is 0 Å². The molecule has 4 rings (SSSR count). The van der Waals surface area contributed by atoms with Crippen molar-refractivity contribution in [2.24, 2.45) is 10.7 Å². The predicted molar refractivity (Wildman–Crippen MR) is 77.8 cm³/mol. The number of hydrogen-bond donors (Lipinski definition) is 4. The zero-order valence-electron chi connectivity index (χ0n) is 12.7. The van der Waals surface area contributed by atoms with Crippen LogP contribution in [0.25, 0.3) is 0 Å². The molecular formula is C13H19N5O6. The Hall–Kier alpha value is -1.60. The van der Waals surface area contributed by atoms with E-state index < -0.39 is 43.7 Å². The molecule has 2 saturated heterocycles. The Morgan fingerprint density at radius 2 is 2.00 bits per heavy atom. The number of aliphatic hydroxyl groups is 3. The first-order chi connectivity index (χ1) is 11.6. The monoisotopic (exact) mass is 341 g/mol. The van der Waals surface area contributed by atoms with E-state index in [1.54, 1.807) is 4.90 Å². The third kappa shape index (κ3) is 2.33. The average Bonchev–Trinajstić information content (AvgIpc) is 3.29. The molecule has 1 aromatic rings. The smallest absolute Gasteiger partial charge is 0.242 e. The number of imidazole rings is 1. The Morgan fingerprint density at radius 3 is 2.67 bits per heavy atom. The van der Waals surface area contributed by atoms with Gasteiger partial charge in [-0.15, -0.1) is 0 Å². The fraction of sp³-hybridized carbons (Fsp3) is 0.692. The molecule has 132 valence electrons. The van der Waals surface area contributed by atoms with Gasteiger partial charge in [0.25, 0.3) is 0 Å². The first-order valence-electron chi connectivity index (χ1n) is 7.61. The third-order valence-electron chi connectivity index (χ3n) is 4.35. The van der Waals surface area contributed by atoms with Gasteiger partial charge in [-0.25, -0.2) is 9.98 Å². The van der Waals surface area contributed by atoms with Gasteiger partial charge in [-0.05, 0) is 0 Å². The van der Waals surface area contributed by atoms with Crippen LogP contribution in [-0.2, 0) is 14.2 Å². The van der Waals surface area contributed by atoms with Gasteiger partial charge in [-0.1, -0.05) is 0 Å². The van der Waals surface area contributed by atoms with Crippen LogP contribution in [0.2, 0.25) is 0 Å². The van der Waals surface area contributed by atoms with Gasteiger partial charge >= 0.3 is 0 Å². The van der Waals surface area contributed by atoms with Crippen molar-refractivity contribution >= 4 is 12.2 Å². The Balaban J connectivity index is 1.61. The third-order valence-corrected chi connectivity index (χ3v) is 4.35. The van der Waals surface area contributed by atoms with Gasteiger partial charge in [0.1, 0.15) is 30.2 Å². The van der Waals surface area contributed by atoms with Gasteiger partial charge in [-0.3, -0.25) is 9.47 Å². The number of aliphatic hydroxyl groups excluding tert-OH is 3. The number of hydrogen-bond acceptors (Lipinski definition) is 10. The highest BCUT2D eigenvalue weighted by Crippen LogP contribution is 2.37. The summed E-state index contributed by atoms with van der Waals surface area (Å²) >= 11 is 0. The van der Waals surface area contributed by atoms with Crippen molar-refractivity contribution in [3.63, 3.8) is 0 Å². The zero-order valence-corrected chi connectivity index (χ0v) is 12.7. The number of rotatable bonds is 3. The van der Waals surface area contributed by atoms with Crippen LogP contribution >= 0.6 is 0 Å². The van der Waals surface area contributed by atoms with Crippen LogP contribution in [0.1, 0.15) is 18.1 Å². The van der Waals surface area contributed by atoms with Gasteiger partial charge in [0.2, 0.25) is 6.41 Å². The van der Waals surface area contributed by atoms with E-state index in [1.165, 1.54) is 17.2 Å². The highest BCUT2D eigenvalue weighted by molar-refractivity contribution is 5.65. The van der Waals surface area contributed by atoms with Gasteiger partial charge in [0.15, 0.2) is 12.0 Å².